The number of aliphatic hydroxyl groups excluding tert-OH is 1. The summed E-state index contributed by atoms with van der Waals surface area (Å²) in [5, 5.41) is 8.60. The van der Waals surface area contributed by atoms with Gasteiger partial charge in [0.25, 0.3) is 0 Å². The second kappa shape index (κ2) is 6.73. The Hall–Kier alpha value is -0.780. The van der Waals surface area contributed by atoms with Gasteiger partial charge in [-0.05, 0) is 12.3 Å². The van der Waals surface area contributed by atoms with Crippen molar-refractivity contribution in [3.8, 4) is 0 Å². The predicted octanol–water partition coefficient (Wildman–Crippen LogP) is 1.81. The zero-order valence-electron chi connectivity index (χ0n) is 9.55. The molecule has 0 bridgehead atoms. The Kier molecular flexibility index (Phi) is 6.40. The molecule has 0 fully saturated rings. The van der Waals surface area contributed by atoms with Gasteiger partial charge in [-0.1, -0.05) is 13.8 Å². The minimum Gasteiger partial charge on any atom is -0.395 e. The van der Waals surface area contributed by atoms with E-state index >= 15 is 0 Å². The lowest BCUT2D eigenvalue weighted by Crippen LogP contribution is -2.40. The maximum absolute atomic E-state index is 12.1. The van der Waals surface area contributed by atoms with Gasteiger partial charge in [-0.2, -0.15) is 13.2 Å². The summed E-state index contributed by atoms with van der Waals surface area (Å²) in [4.78, 5) is 12.1. The molecular formula is C10H18F3NO2. The van der Waals surface area contributed by atoms with Crippen molar-refractivity contribution in [3.63, 3.8) is 0 Å². The fourth-order valence-electron chi connectivity index (χ4n) is 1.20. The van der Waals surface area contributed by atoms with Crippen LogP contribution in [0.3, 0.4) is 0 Å². The fourth-order valence-corrected chi connectivity index (χ4v) is 1.20. The summed E-state index contributed by atoms with van der Waals surface area (Å²) < 4.78 is 36.3. The van der Waals surface area contributed by atoms with Crippen LogP contribution >= 0.6 is 0 Å². The van der Waals surface area contributed by atoms with E-state index in [9.17, 15) is 18.0 Å². The molecule has 0 heterocycles. The number of carbonyl (C=O) groups excluding carboxylic acids is 1. The molecule has 1 N–H and O–H groups in total. The monoisotopic (exact) mass is 241 g/mol. The van der Waals surface area contributed by atoms with Crippen LogP contribution in [0, 0.1) is 5.92 Å². The van der Waals surface area contributed by atoms with E-state index < -0.39 is 25.2 Å². The summed E-state index contributed by atoms with van der Waals surface area (Å²) in [5.41, 5.74) is 0. The van der Waals surface area contributed by atoms with Crippen LogP contribution in [0.5, 0.6) is 0 Å². The smallest absolute Gasteiger partial charge is 0.395 e. The standard InChI is InChI=1S/C10H18F3NO2/c1-8(2)3-4-9(16)14(5-6-15)7-10(11,12)13/h8,15H,3-7H2,1-2H3. The van der Waals surface area contributed by atoms with Gasteiger partial charge in [-0.3, -0.25) is 4.79 Å². The maximum Gasteiger partial charge on any atom is 0.406 e. The SMILES string of the molecule is CC(C)CCC(=O)N(CCO)CC(F)(F)F. The van der Waals surface area contributed by atoms with Crippen LogP contribution < -0.4 is 0 Å². The average Bonchev–Trinajstić information content (AvgIpc) is 2.11. The Morgan fingerprint density at radius 1 is 1.38 bits per heavy atom. The molecule has 6 heteroatoms. The minimum atomic E-state index is -4.41. The molecule has 0 unspecified atom stereocenters. The molecule has 16 heavy (non-hydrogen) atoms. The van der Waals surface area contributed by atoms with Crippen molar-refractivity contribution in [2.75, 3.05) is 19.7 Å². The zero-order chi connectivity index (χ0) is 12.8. The molecule has 0 spiro atoms. The van der Waals surface area contributed by atoms with Crippen molar-refractivity contribution in [1.29, 1.82) is 0 Å². The minimum absolute atomic E-state index is 0.0910. The first-order chi connectivity index (χ1) is 7.26. The van der Waals surface area contributed by atoms with Gasteiger partial charge >= 0.3 is 6.18 Å². The van der Waals surface area contributed by atoms with Crippen LogP contribution in [0.2, 0.25) is 0 Å². The second-order valence-electron chi connectivity index (χ2n) is 4.09. The van der Waals surface area contributed by atoms with Crippen molar-refractivity contribution < 1.29 is 23.1 Å². The maximum atomic E-state index is 12.1. The van der Waals surface area contributed by atoms with E-state index in [-0.39, 0.29) is 18.9 Å². The van der Waals surface area contributed by atoms with Gasteiger partial charge in [0.15, 0.2) is 0 Å². The van der Waals surface area contributed by atoms with Gasteiger partial charge in [0, 0.05) is 13.0 Å². The van der Waals surface area contributed by atoms with Crippen molar-refractivity contribution >= 4 is 5.91 Å². The number of rotatable bonds is 6. The Labute approximate surface area is 93.2 Å². The lowest BCUT2D eigenvalue weighted by atomic mass is 10.1. The molecule has 0 aliphatic rings. The highest BCUT2D eigenvalue weighted by Gasteiger charge is 2.32. The van der Waals surface area contributed by atoms with E-state index in [0.29, 0.717) is 11.3 Å². The molecule has 96 valence electrons. The van der Waals surface area contributed by atoms with Crippen molar-refractivity contribution in [1.82, 2.24) is 4.90 Å². The molecule has 0 rings (SSSR count). The fraction of sp³-hybridized carbons (Fsp3) is 0.900. The van der Waals surface area contributed by atoms with Gasteiger partial charge in [-0.25, -0.2) is 0 Å². The van der Waals surface area contributed by atoms with E-state index in [2.05, 4.69) is 0 Å². The topological polar surface area (TPSA) is 40.5 Å². The molecule has 0 aromatic rings. The molecule has 0 radical (unpaired) electrons. The first kappa shape index (κ1) is 15.2. The summed E-state index contributed by atoms with van der Waals surface area (Å²) in [6, 6.07) is 0. The lowest BCUT2D eigenvalue weighted by Gasteiger charge is -2.23. The van der Waals surface area contributed by atoms with Gasteiger partial charge in [0.2, 0.25) is 5.91 Å². The van der Waals surface area contributed by atoms with Crippen molar-refractivity contribution in [3.05, 3.63) is 0 Å². The van der Waals surface area contributed by atoms with Crippen LogP contribution in [-0.4, -0.2) is 41.8 Å². The normalized spacial score (nSPS) is 11.9. The quantitative estimate of drug-likeness (QED) is 0.770. The zero-order valence-corrected chi connectivity index (χ0v) is 9.55. The van der Waals surface area contributed by atoms with E-state index in [4.69, 9.17) is 5.11 Å². The molecule has 0 saturated heterocycles. The largest absolute Gasteiger partial charge is 0.406 e. The number of halogens is 3. The highest BCUT2D eigenvalue weighted by Crippen LogP contribution is 2.17. The van der Waals surface area contributed by atoms with Crippen LogP contribution in [-0.2, 0) is 4.79 Å². The van der Waals surface area contributed by atoms with Gasteiger partial charge < -0.3 is 10.0 Å². The molecular weight excluding hydrogens is 223 g/mol. The van der Waals surface area contributed by atoms with Crippen LogP contribution in [0.15, 0.2) is 0 Å². The van der Waals surface area contributed by atoms with Crippen LogP contribution in [0.25, 0.3) is 0 Å². The summed E-state index contributed by atoms with van der Waals surface area (Å²) >= 11 is 0. The van der Waals surface area contributed by atoms with Gasteiger partial charge in [0.05, 0.1) is 6.61 Å². The first-order valence-corrected chi connectivity index (χ1v) is 5.21. The third kappa shape index (κ3) is 7.50. The molecule has 0 aliphatic carbocycles. The summed E-state index contributed by atoms with van der Waals surface area (Å²) in [6.07, 6.45) is -3.77. The summed E-state index contributed by atoms with van der Waals surface area (Å²) in [5.74, 6) is -0.286. The Bertz CT molecular complexity index is 217. The molecule has 0 aromatic carbocycles. The van der Waals surface area contributed by atoms with Crippen LogP contribution in [0.4, 0.5) is 13.2 Å². The van der Waals surface area contributed by atoms with E-state index in [1.807, 2.05) is 13.8 Å². The third-order valence-electron chi connectivity index (χ3n) is 2.03. The third-order valence-corrected chi connectivity index (χ3v) is 2.03. The van der Waals surface area contributed by atoms with Gasteiger partial charge in [-0.15, -0.1) is 0 Å². The predicted molar refractivity (Wildman–Crippen MR) is 53.8 cm³/mol. The molecule has 0 aliphatic heterocycles. The van der Waals surface area contributed by atoms with Crippen molar-refractivity contribution in [2.45, 2.75) is 32.9 Å². The number of nitrogens with zero attached hydrogens (tertiary/aromatic N) is 1. The number of amides is 1. The van der Waals surface area contributed by atoms with E-state index in [1.54, 1.807) is 0 Å². The van der Waals surface area contributed by atoms with Crippen molar-refractivity contribution in [2.24, 2.45) is 5.92 Å². The summed E-state index contributed by atoms with van der Waals surface area (Å²) in [6.45, 7) is 1.78. The number of hydrogen-bond donors (Lipinski definition) is 1. The molecule has 1 amide bonds. The number of carbonyl (C=O) groups is 1. The molecule has 0 saturated carbocycles. The van der Waals surface area contributed by atoms with E-state index in [1.165, 1.54) is 0 Å². The average molecular weight is 241 g/mol. The highest BCUT2D eigenvalue weighted by molar-refractivity contribution is 5.76. The summed E-state index contributed by atoms with van der Waals surface area (Å²) in [7, 11) is 0. The van der Waals surface area contributed by atoms with E-state index in [0.717, 1.165) is 0 Å². The Morgan fingerprint density at radius 2 is 1.94 bits per heavy atom. The first-order valence-electron chi connectivity index (χ1n) is 5.21. The second-order valence-corrected chi connectivity index (χ2v) is 4.09. The molecule has 0 atom stereocenters. The molecule has 3 nitrogen and oxygen atoms in total. The number of aliphatic hydroxyl groups is 1. The number of hydrogen-bond acceptors (Lipinski definition) is 2. The highest BCUT2D eigenvalue weighted by atomic mass is 19.4. The number of alkyl halides is 3. The Morgan fingerprint density at radius 3 is 2.31 bits per heavy atom. The van der Waals surface area contributed by atoms with Gasteiger partial charge in [0.1, 0.15) is 6.54 Å². The molecule has 0 aromatic heterocycles. The Balaban J connectivity index is 4.24. The lowest BCUT2D eigenvalue weighted by molar-refractivity contribution is -0.162. The van der Waals surface area contributed by atoms with Crippen LogP contribution in [0.1, 0.15) is 26.7 Å².